The van der Waals surface area contributed by atoms with Crippen molar-refractivity contribution in [2.24, 2.45) is 0 Å². The first-order chi connectivity index (χ1) is 8.06. The summed E-state index contributed by atoms with van der Waals surface area (Å²) in [5.41, 5.74) is 9.03. The van der Waals surface area contributed by atoms with Crippen LogP contribution >= 0.6 is 15.9 Å². The number of carbonyl (C=O) groups excluding carboxylic acids is 1. The topological polar surface area (TPSA) is 88.2 Å². The van der Waals surface area contributed by atoms with Gasteiger partial charge >= 0.3 is 0 Å². The maximum atomic E-state index is 11.5. The van der Waals surface area contributed by atoms with Gasteiger partial charge in [-0.15, -0.1) is 0 Å². The number of aryl methyl sites for hydroxylation is 1. The number of amides is 1. The molecule has 1 aromatic carbocycles. The average molecular weight is 296 g/mol. The zero-order chi connectivity index (χ0) is 12.6. The summed E-state index contributed by atoms with van der Waals surface area (Å²) in [6, 6.07) is 3.57. The number of hydroxylamine groups is 1. The number of hydrogen-bond acceptors (Lipinski definition) is 4. The molecule has 4 N–H and O–H groups in total. The van der Waals surface area contributed by atoms with E-state index >= 15 is 0 Å². The predicted octanol–water partition coefficient (Wildman–Crippen LogP) is 2.01. The summed E-state index contributed by atoms with van der Waals surface area (Å²) in [4.78, 5) is 15.5. The van der Waals surface area contributed by atoms with Crippen LogP contribution in [0.15, 0.2) is 22.8 Å². The van der Waals surface area contributed by atoms with E-state index in [1.165, 1.54) is 6.20 Å². The number of carbonyl (C=O) groups is 1. The van der Waals surface area contributed by atoms with E-state index in [1.807, 2.05) is 6.92 Å². The smallest absolute Gasteiger partial charge is 0.293 e. The first-order valence-corrected chi connectivity index (χ1v) is 5.63. The van der Waals surface area contributed by atoms with Gasteiger partial charge in [0, 0.05) is 27.1 Å². The number of rotatable bonds is 1. The van der Waals surface area contributed by atoms with Crippen LogP contribution in [0.5, 0.6) is 0 Å². The number of halogens is 1. The van der Waals surface area contributed by atoms with Crippen molar-refractivity contribution in [2.75, 3.05) is 5.73 Å². The van der Waals surface area contributed by atoms with Gasteiger partial charge in [0.1, 0.15) is 5.69 Å². The largest absolute Gasteiger partial charge is 0.398 e. The van der Waals surface area contributed by atoms with Gasteiger partial charge in [-0.1, -0.05) is 6.07 Å². The molecule has 0 radical (unpaired) electrons. The highest BCUT2D eigenvalue weighted by molar-refractivity contribution is 9.10. The number of hydrogen-bond donors (Lipinski definition) is 3. The molecule has 0 bridgehead atoms. The quantitative estimate of drug-likeness (QED) is 0.427. The van der Waals surface area contributed by atoms with Crippen LogP contribution in [0, 0.1) is 6.92 Å². The van der Waals surface area contributed by atoms with E-state index in [2.05, 4.69) is 20.9 Å². The molecule has 0 atom stereocenters. The number of benzene rings is 1. The van der Waals surface area contributed by atoms with Crippen molar-refractivity contribution >= 4 is 38.3 Å². The molecule has 6 heteroatoms. The Kier molecular flexibility index (Phi) is 2.99. The number of nitrogens with one attached hydrogen (secondary N) is 1. The lowest BCUT2D eigenvalue weighted by molar-refractivity contribution is 0.0703. The van der Waals surface area contributed by atoms with Gasteiger partial charge in [0.25, 0.3) is 5.91 Å². The number of nitrogen functional groups attached to an aromatic ring is 1. The van der Waals surface area contributed by atoms with Gasteiger partial charge in [-0.25, -0.2) is 10.5 Å². The summed E-state index contributed by atoms with van der Waals surface area (Å²) in [6.07, 6.45) is 1.49. The molecule has 2 aromatic rings. The normalized spacial score (nSPS) is 10.5. The van der Waals surface area contributed by atoms with Crippen molar-refractivity contribution in [2.45, 2.75) is 6.92 Å². The Balaban J connectivity index is 2.94. The van der Waals surface area contributed by atoms with Crippen molar-refractivity contribution < 1.29 is 10.0 Å². The molecule has 1 aromatic heterocycles. The predicted molar refractivity (Wildman–Crippen MR) is 67.8 cm³/mol. The molecule has 17 heavy (non-hydrogen) atoms. The summed E-state index contributed by atoms with van der Waals surface area (Å²) in [7, 11) is 0. The Labute approximate surface area is 106 Å². The van der Waals surface area contributed by atoms with Crippen molar-refractivity contribution in [1.29, 1.82) is 0 Å². The monoisotopic (exact) mass is 295 g/mol. The highest BCUT2D eigenvalue weighted by Gasteiger charge is 2.16. The first-order valence-electron chi connectivity index (χ1n) is 4.84. The number of fused-ring (bicyclic) bond motifs is 1. The van der Waals surface area contributed by atoms with Crippen LogP contribution in [0.25, 0.3) is 10.8 Å². The molecular formula is C11H10BrN3O2. The molecule has 5 nitrogen and oxygen atoms in total. The van der Waals surface area contributed by atoms with Crippen LogP contribution < -0.4 is 11.2 Å². The van der Waals surface area contributed by atoms with Gasteiger partial charge in [-0.3, -0.25) is 10.0 Å². The number of nitrogens with zero attached hydrogens (tertiary/aromatic N) is 1. The standard InChI is InChI=1S/C11H10BrN3O2/c1-5-2-3-7(13)9-6(12)4-14-10(8(5)9)11(16)15-17/h2-4,17H,13H2,1H3,(H,15,16). The summed E-state index contributed by atoms with van der Waals surface area (Å²) >= 11 is 3.35. The van der Waals surface area contributed by atoms with Crippen LogP contribution in [0.4, 0.5) is 5.69 Å². The Morgan fingerprint density at radius 1 is 1.47 bits per heavy atom. The van der Waals surface area contributed by atoms with Gasteiger partial charge in [0.15, 0.2) is 0 Å². The molecule has 0 saturated carbocycles. The average Bonchev–Trinajstić information content (AvgIpc) is 2.33. The minimum absolute atomic E-state index is 0.149. The molecule has 0 unspecified atom stereocenters. The summed E-state index contributed by atoms with van der Waals surface area (Å²) in [5, 5.41) is 10.0. The molecule has 1 heterocycles. The third-order valence-corrected chi connectivity index (χ3v) is 3.15. The van der Waals surface area contributed by atoms with E-state index in [-0.39, 0.29) is 5.69 Å². The fraction of sp³-hybridized carbons (Fsp3) is 0.0909. The summed E-state index contributed by atoms with van der Waals surface area (Å²) in [6.45, 7) is 1.85. The van der Waals surface area contributed by atoms with E-state index in [1.54, 1.807) is 17.6 Å². The van der Waals surface area contributed by atoms with Crippen molar-refractivity contribution in [3.05, 3.63) is 34.1 Å². The van der Waals surface area contributed by atoms with Gasteiger partial charge in [-0.05, 0) is 34.5 Å². The Hall–Kier alpha value is -1.66. The van der Waals surface area contributed by atoms with Crippen LogP contribution in [0.2, 0.25) is 0 Å². The van der Waals surface area contributed by atoms with E-state index in [0.717, 1.165) is 10.9 Å². The van der Waals surface area contributed by atoms with E-state index < -0.39 is 5.91 Å². The Morgan fingerprint density at radius 3 is 2.82 bits per heavy atom. The zero-order valence-electron chi connectivity index (χ0n) is 8.99. The molecule has 0 aliphatic heterocycles. The maximum absolute atomic E-state index is 11.5. The van der Waals surface area contributed by atoms with Gasteiger partial charge in [0.05, 0.1) is 0 Å². The van der Waals surface area contributed by atoms with Crippen LogP contribution in [-0.2, 0) is 0 Å². The van der Waals surface area contributed by atoms with Crippen LogP contribution in [0.3, 0.4) is 0 Å². The SMILES string of the molecule is Cc1ccc(N)c2c(Br)cnc(C(=O)NO)c12. The molecule has 0 fully saturated rings. The third-order valence-electron chi connectivity index (χ3n) is 2.55. The number of nitrogens with two attached hydrogens (primary N) is 1. The second-order valence-electron chi connectivity index (χ2n) is 3.62. The minimum Gasteiger partial charge on any atom is -0.398 e. The highest BCUT2D eigenvalue weighted by atomic mass is 79.9. The van der Waals surface area contributed by atoms with Crippen LogP contribution in [-0.4, -0.2) is 16.1 Å². The second kappa shape index (κ2) is 4.31. The third kappa shape index (κ3) is 1.85. The van der Waals surface area contributed by atoms with Crippen molar-refractivity contribution in [3.63, 3.8) is 0 Å². The summed E-state index contributed by atoms with van der Waals surface area (Å²) < 4.78 is 0.711. The fourth-order valence-corrected chi connectivity index (χ4v) is 2.29. The molecule has 1 amide bonds. The second-order valence-corrected chi connectivity index (χ2v) is 4.47. The number of anilines is 1. The van der Waals surface area contributed by atoms with E-state index in [9.17, 15) is 4.79 Å². The van der Waals surface area contributed by atoms with Crippen LogP contribution in [0.1, 0.15) is 16.1 Å². The molecule has 0 saturated heterocycles. The lowest BCUT2D eigenvalue weighted by atomic mass is 10.0. The van der Waals surface area contributed by atoms with E-state index in [0.29, 0.717) is 15.5 Å². The van der Waals surface area contributed by atoms with Crippen molar-refractivity contribution in [1.82, 2.24) is 10.5 Å². The number of aromatic nitrogens is 1. The minimum atomic E-state index is -0.656. The zero-order valence-corrected chi connectivity index (χ0v) is 10.6. The van der Waals surface area contributed by atoms with Gasteiger partial charge < -0.3 is 5.73 Å². The van der Waals surface area contributed by atoms with E-state index in [4.69, 9.17) is 10.9 Å². The highest BCUT2D eigenvalue weighted by Crippen LogP contribution is 2.32. The lowest BCUT2D eigenvalue weighted by Gasteiger charge is -2.10. The first kappa shape index (κ1) is 11.8. The fourth-order valence-electron chi connectivity index (χ4n) is 1.76. The molecule has 0 aliphatic rings. The van der Waals surface area contributed by atoms with Gasteiger partial charge in [-0.2, -0.15) is 0 Å². The molecule has 0 aliphatic carbocycles. The maximum Gasteiger partial charge on any atom is 0.293 e. The number of pyridine rings is 1. The molecule has 88 valence electrons. The van der Waals surface area contributed by atoms with Crippen molar-refractivity contribution in [3.8, 4) is 0 Å². The van der Waals surface area contributed by atoms with Gasteiger partial charge in [0.2, 0.25) is 0 Å². The Morgan fingerprint density at radius 2 is 2.18 bits per heavy atom. The lowest BCUT2D eigenvalue weighted by Crippen LogP contribution is -2.20. The molecule has 2 rings (SSSR count). The summed E-state index contributed by atoms with van der Waals surface area (Å²) in [5.74, 6) is -0.656. The molecule has 0 spiro atoms. The molecular weight excluding hydrogens is 286 g/mol. The Bertz CT molecular complexity index is 605.